The molecular formula is C21H23N3O3S. The number of carbonyl (C=O) groups is 2. The van der Waals surface area contributed by atoms with E-state index in [2.05, 4.69) is 21.7 Å². The summed E-state index contributed by atoms with van der Waals surface area (Å²) in [6.45, 7) is 1.44. The zero-order valence-corrected chi connectivity index (χ0v) is 16.8. The van der Waals surface area contributed by atoms with Crippen LogP contribution in [0.3, 0.4) is 0 Å². The lowest BCUT2D eigenvalue weighted by Crippen LogP contribution is -2.13. The van der Waals surface area contributed by atoms with E-state index in [1.807, 2.05) is 18.2 Å². The largest absolute Gasteiger partial charge is 0.495 e. The molecule has 2 N–H and O–H groups in total. The van der Waals surface area contributed by atoms with Gasteiger partial charge in [0.1, 0.15) is 5.75 Å². The lowest BCUT2D eigenvalue weighted by molar-refractivity contribution is -0.116. The number of methoxy groups -OCH3 is 1. The Morgan fingerprint density at radius 1 is 1.11 bits per heavy atom. The highest BCUT2D eigenvalue weighted by Crippen LogP contribution is 2.28. The number of amides is 2. The van der Waals surface area contributed by atoms with Gasteiger partial charge in [-0.2, -0.15) is 0 Å². The third kappa shape index (κ3) is 5.29. The van der Waals surface area contributed by atoms with Gasteiger partial charge in [-0.25, -0.2) is 4.98 Å². The van der Waals surface area contributed by atoms with E-state index in [0.29, 0.717) is 23.5 Å². The summed E-state index contributed by atoms with van der Waals surface area (Å²) >= 11 is 1.71. The van der Waals surface area contributed by atoms with E-state index >= 15 is 0 Å². The van der Waals surface area contributed by atoms with Crippen molar-refractivity contribution in [3.8, 4) is 5.75 Å². The Kier molecular flexibility index (Phi) is 6.60. The summed E-state index contributed by atoms with van der Waals surface area (Å²) in [4.78, 5) is 28.1. The maximum Gasteiger partial charge on any atom is 0.224 e. The highest BCUT2D eigenvalue weighted by molar-refractivity contribution is 7.18. The maximum absolute atomic E-state index is 12.3. The molecule has 2 aromatic carbocycles. The highest BCUT2D eigenvalue weighted by atomic mass is 32.1. The second kappa shape index (κ2) is 9.32. The summed E-state index contributed by atoms with van der Waals surface area (Å²) in [7, 11) is 1.54. The number of benzene rings is 2. The molecule has 28 heavy (non-hydrogen) atoms. The van der Waals surface area contributed by atoms with E-state index in [0.717, 1.165) is 29.8 Å². The molecule has 0 aliphatic heterocycles. The van der Waals surface area contributed by atoms with Crippen LogP contribution < -0.4 is 15.4 Å². The van der Waals surface area contributed by atoms with E-state index in [1.165, 1.54) is 11.6 Å². The molecule has 7 heteroatoms. The molecule has 0 atom stereocenters. The molecule has 0 aliphatic carbocycles. The van der Waals surface area contributed by atoms with Crippen molar-refractivity contribution in [1.29, 1.82) is 0 Å². The summed E-state index contributed by atoms with van der Waals surface area (Å²) in [5, 5.41) is 6.67. The van der Waals surface area contributed by atoms with Crippen LogP contribution in [-0.2, 0) is 16.0 Å². The van der Waals surface area contributed by atoms with Crippen molar-refractivity contribution in [3.05, 3.63) is 47.5 Å². The molecule has 0 aliphatic rings. The van der Waals surface area contributed by atoms with Crippen LogP contribution in [0.15, 0.2) is 42.5 Å². The number of nitrogens with zero attached hydrogens (tertiary/aromatic N) is 1. The Morgan fingerprint density at radius 3 is 2.68 bits per heavy atom. The number of ether oxygens (including phenoxy) is 1. The van der Waals surface area contributed by atoms with Gasteiger partial charge in [0, 0.05) is 19.0 Å². The molecule has 3 aromatic rings. The molecule has 0 fully saturated rings. The lowest BCUT2D eigenvalue weighted by Gasteiger charge is -2.12. The van der Waals surface area contributed by atoms with Crippen LogP contribution >= 0.6 is 11.3 Å². The van der Waals surface area contributed by atoms with Crippen molar-refractivity contribution in [3.63, 3.8) is 0 Å². The first kappa shape index (κ1) is 19.8. The average molecular weight is 398 g/mol. The Hall–Kier alpha value is -2.93. The zero-order chi connectivity index (χ0) is 19.9. The van der Waals surface area contributed by atoms with Gasteiger partial charge in [-0.3, -0.25) is 9.59 Å². The smallest absolute Gasteiger partial charge is 0.224 e. The Morgan fingerprint density at radius 2 is 1.93 bits per heavy atom. The van der Waals surface area contributed by atoms with Gasteiger partial charge >= 0.3 is 0 Å². The molecule has 0 spiro atoms. The van der Waals surface area contributed by atoms with E-state index in [1.54, 1.807) is 36.6 Å². The molecule has 1 aromatic heterocycles. The molecule has 6 nitrogen and oxygen atoms in total. The van der Waals surface area contributed by atoms with Gasteiger partial charge < -0.3 is 15.4 Å². The molecule has 0 saturated carbocycles. The summed E-state index contributed by atoms with van der Waals surface area (Å²) in [6, 6.07) is 13.2. The quantitative estimate of drug-likeness (QED) is 0.544. The van der Waals surface area contributed by atoms with Crippen molar-refractivity contribution in [2.45, 2.75) is 32.6 Å². The number of hydrogen-bond donors (Lipinski definition) is 2. The van der Waals surface area contributed by atoms with Crippen LogP contribution in [0.4, 0.5) is 11.4 Å². The minimum absolute atomic E-state index is 0.0809. The number of para-hydroxylation sites is 1. The van der Waals surface area contributed by atoms with Gasteiger partial charge in [-0.15, -0.1) is 11.3 Å². The predicted molar refractivity (Wildman–Crippen MR) is 113 cm³/mol. The number of carbonyl (C=O) groups excluding carboxylic acids is 2. The van der Waals surface area contributed by atoms with Gasteiger partial charge in [0.25, 0.3) is 0 Å². The van der Waals surface area contributed by atoms with Crippen LogP contribution in [0.25, 0.3) is 10.2 Å². The zero-order valence-electron chi connectivity index (χ0n) is 16.0. The van der Waals surface area contributed by atoms with E-state index in [-0.39, 0.29) is 11.8 Å². The van der Waals surface area contributed by atoms with E-state index in [4.69, 9.17) is 4.74 Å². The fraction of sp³-hybridized carbons (Fsp3) is 0.286. The molecule has 1 heterocycles. The number of rotatable bonds is 8. The third-order valence-electron chi connectivity index (χ3n) is 4.18. The summed E-state index contributed by atoms with van der Waals surface area (Å²) in [6.07, 6.45) is 2.96. The van der Waals surface area contributed by atoms with Gasteiger partial charge in [-0.1, -0.05) is 12.1 Å². The SMILES string of the molecule is COc1ccc(NC(C)=O)cc1NC(=O)CCCCc1nc2ccccc2s1. The van der Waals surface area contributed by atoms with Gasteiger partial charge in [0.05, 0.1) is 28.0 Å². The monoisotopic (exact) mass is 397 g/mol. The number of unbranched alkanes of at least 4 members (excludes halogenated alkanes) is 1. The van der Waals surface area contributed by atoms with Crippen molar-refractivity contribution >= 4 is 44.7 Å². The third-order valence-corrected chi connectivity index (χ3v) is 5.27. The molecule has 0 saturated heterocycles. The van der Waals surface area contributed by atoms with Gasteiger partial charge in [0.2, 0.25) is 11.8 Å². The molecule has 146 valence electrons. The number of thiazole rings is 1. The van der Waals surface area contributed by atoms with Gasteiger partial charge in [-0.05, 0) is 49.6 Å². The van der Waals surface area contributed by atoms with Crippen LogP contribution in [0.1, 0.15) is 31.2 Å². The molecular weight excluding hydrogens is 374 g/mol. The number of aromatic nitrogens is 1. The van der Waals surface area contributed by atoms with Crippen molar-refractivity contribution < 1.29 is 14.3 Å². The first-order valence-corrected chi connectivity index (χ1v) is 9.97. The fourth-order valence-corrected chi connectivity index (χ4v) is 3.90. The van der Waals surface area contributed by atoms with Crippen LogP contribution in [0, 0.1) is 0 Å². The van der Waals surface area contributed by atoms with Crippen molar-refractivity contribution in [1.82, 2.24) is 4.98 Å². The first-order chi connectivity index (χ1) is 13.5. The Bertz CT molecular complexity index is 951. The summed E-state index contributed by atoms with van der Waals surface area (Å²) < 4.78 is 6.48. The van der Waals surface area contributed by atoms with Crippen LogP contribution in [0.2, 0.25) is 0 Å². The normalized spacial score (nSPS) is 10.6. The van der Waals surface area contributed by atoms with Crippen molar-refractivity contribution in [2.75, 3.05) is 17.7 Å². The van der Waals surface area contributed by atoms with Crippen LogP contribution in [-0.4, -0.2) is 23.9 Å². The number of aryl methyl sites for hydroxylation is 1. The highest BCUT2D eigenvalue weighted by Gasteiger charge is 2.10. The summed E-state index contributed by atoms with van der Waals surface area (Å²) in [5.41, 5.74) is 2.19. The maximum atomic E-state index is 12.3. The fourth-order valence-electron chi connectivity index (χ4n) is 2.89. The minimum atomic E-state index is -0.169. The summed E-state index contributed by atoms with van der Waals surface area (Å²) in [5.74, 6) is 0.303. The minimum Gasteiger partial charge on any atom is -0.495 e. The average Bonchev–Trinajstić information content (AvgIpc) is 3.08. The molecule has 2 amide bonds. The molecule has 0 unspecified atom stereocenters. The lowest BCUT2D eigenvalue weighted by atomic mass is 10.2. The molecule has 0 bridgehead atoms. The predicted octanol–water partition coefficient (Wildman–Crippen LogP) is 4.61. The number of nitrogens with one attached hydrogen (secondary N) is 2. The van der Waals surface area contributed by atoms with Crippen LogP contribution in [0.5, 0.6) is 5.75 Å². The standard InChI is InChI=1S/C21H23N3O3S/c1-14(25)22-15-11-12-18(27-2)17(13-15)23-20(26)9-5-6-10-21-24-16-7-3-4-8-19(16)28-21/h3-4,7-8,11-13H,5-6,9-10H2,1-2H3,(H,22,25)(H,23,26). The second-order valence-corrected chi connectivity index (χ2v) is 7.54. The molecule has 3 rings (SSSR count). The number of hydrogen-bond acceptors (Lipinski definition) is 5. The van der Waals surface area contributed by atoms with Crippen molar-refractivity contribution in [2.24, 2.45) is 0 Å². The van der Waals surface area contributed by atoms with Gasteiger partial charge in [0.15, 0.2) is 0 Å². The van der Waals surface area contributed by atoms with E-state index in [9.17, 15) is 9.59 Å². The first-order valence-electron chi connectivity index (χ1n) is 9.15. The molecule has 0 radical (unpaired) electrons. The van der Waals surface area contributed by atoms with E-state index < -0.39 is 0 Å². The topological polar surface area (TPSA) is 80.3 Å². The Balaban J connectivity index is 1.50. The Labute approximate surface area is 167 Å². The second-order valence-electron chi connectivity index (χ2n) is 6.43. The number of fused-ring (bicyclic) bond motifs is 1. The number of anilines is 2.